The summed E-state index contributed by atoms with van der Waals surface area (Å²) < 4.78 is 0. The van der Waals surface area contributed by atoms with Crippen LogP contribution in [0.5, 0.6) is 0 Å². The lowest BCUT2D eigenvalue weighted by Gasteiger charge is -2.17. The summed E-state index contributed by atoms with van der Waals surface area (Å²) in [5, 5.41) is 17.7. The Balaban J connectivity index is 1.22. The molecule has 0 aliphatic carbocycles. The van der Waals surface area contributed by atoms with Gasteiger partial charge in [-0.05, 0) is 148 Å². The third-order valence-corrected chi connectivity index (χ3v) is 7.59. The topological polar surface area (TPSA) is 60.1 Å². The van der Waals surface area contributed by atoms with Crippen molar-refractivity contribution in [2.24, 2.45) is 11.8 Å². The summed E-state index contributed by atoms with van der Waals surface area (Å²) in [6.07, 6.45) is 4.85. The molecule has 5 nitrogen and oxygen atoms in total. The molecule has 0 saturated heterocycles. The lowest BCUT2D eigenvalue weighted by atomic mass is 10.0. The molecule has 4 aromatic rings. The molecular weight excluding hydrogens is 526 g/mol. The second-order valence-electron chi connectivity index (χ2n) is 12.7. The predicted octanol–water partition coefficient (Wildman–Crippen LogP) is 11.4. The molecule has 5 N–H and O–H groups in total. The maximum absolute atomic E-state index is 3.61. The first-order valence-electron chi connectivity index (χ1n) is 16.0. The van der Waals surface area contributed by atoms with Gasteiger partial charge in [0.2, 0.25) is 0 Å². The molecule has 2 unspecified atom stereocenters. The second-order valence-corrected chi connectivity index (χ2v) is 12.7. The van der Waals surface area contributed by atoms with Crippen molar-refractivity contribution in [2.45, 2.75) is 79.3 Å². The molecule has 4 rings (SSSR count). The van der Waals surface area contributed by atoms with Gasteiger partial charge in [-0.2, -0.15) is 0 Å². The van der Waals surface area contributed by atoms with Gasteiger partial charge in [0.1, 0.15) is 0 Å². The van der Waals surface area contributed by atoms with E-state index in [0.29, 0.717) is 12.1 Å². The van der Waals surface area contributed by atoms with Crippen LogP contribution in [0.15, 0.2) is 97.1 Å². The summed E-state index contributed by atoms with van der Waals surface area (Å²) in [6, 6.07) is 34.8. The molecule has 0 bridgehead atoms. The van der Waals surface area contributed by atoms with Gasteiger partial charge in [0.15, 0.2) is 0 Å². The SMILES string of the molecule is CC(C)CCC(C)Nc1ccc(Nc2ccc(Nc3ccc(Nc4ccc(NC(C)CCC(C)C)cc4)cc3)cc2)cc1. The van der Waals surface area contributed by atoms with Crippen molar-refractivity contribution in [1.82, 2.24) is 0 Å². The minimum absolute atomic E-state index is 0.474. The van der Waals surface area contributed by atoms with Gasteiger partial charge in [-0.15, -0.1) is 0 Å². The molecule has 43 heavy (non-hydrogen) atoms. The first-order chi connectivity index (χ1) is 20.7. The molecule has 4 aromatic carbocycles. The minimum atomic E-state index is 0.474. The van der Waals surface area contributed by atoms with Crippen LogP contribution in [0.3, 0.4) is 0 Å². The van der Waals surface area contributed by atoms with Crippen LogP contribution in [0.1, 0.15) is 67.2 Å². The highest BCUT2D eigenvalue weighted by Gasteiger charge is 2.06. The van der Waals surface area contributed by atoms with Crippen molar-refractivity contribution in [3.8, 4) is 0 Å². The van der Waals surface area contributed by atoms with Crippen molar-refractivity contribution in [2.75, 3.05) is 26.6 Å². The molecule has 0 spiro atoms. The minimum Gasteiger partial charge on any atom is -0.383 e. The van der Waals surface area contributed by atoms with Crippen LogP contribution in [0.4, 0.5) is 45.5 Å². The van der Waals surface area contributed by atoms with Gasteiger partial charge in [-0.3, -0.25) is 0 Å². The molecular formula is C38H51N5. The average molecular weight is 578 g/mol. The van der Waals surface area contributed by atoms with Gasteiger partial charge in [0, 0.05) is 57.6 Å². The van der Waals surface area contributed by atoms with E-state index in [1.165, 1.54) is 25.7 Å². The molecule has 0 heterocycles. The summed E-state index contributed by atoms with van der Waals surface area (Å²) in [5.74, 6) is 1.48. The molecule has 2 atom stereocenters. The molecule has 0 aliphatic heterocycles. The van der Waals surface area contributed by atoms with E-state index in [4.69, 9.17) is 0 Å². The third-order valence-electron chi connectivity index (χ3n) is 7.59. The summed E-state index contributed by atoms with van der Waals surface area (Å²) in [5.41, 5.74) is 8.69. The van der Waals surface area contributed by atoms with Gasteiger partial charge in [-0.1, -0.05) is 27.7 Å². The Morgan fingerprint density at radius 1 is 0.326 bits per heavy atom. The van der Waals surface area contributed by atoms with E-state index in [9.17, 15) is 0 Å². The van der Waals surface area contributed by atoms with Crippen LogP contribution in [0.2, 0.25) is 0 Å². The third kappa shape index (κ3) is 11.2. The summed E-state index contributed by atoms with van der Waals surface area (Å²) in [6.45, 7) is 13.6. The Bertz CT molecular complexity index is 1240. The van der Waals surface area contributed by atoms with Crippen LogP contribution < -0.4 is 26.6 Å². The molecule has 0 saturated carbocycles. The van der Waals surface area contributed by atoms with Crippen molar-refractivity contribution >= 4 is 45.5 Å². The molecule has 0 radical (unpaired) electrons. The van der Waals surface area contributed by atoms with Crippen LogP contribution in [0.25, 0.3) is 0 Å². The van der Waals surface area contributed by atoms with Crippen LogP contribution in [0, 0.1) is 11.8 Å². The Labute approximate surface area is 259 Å². The van der Waals surface area contributed by atoms with Crippen molar-refractivity contribution in [1.29, 1.82) is 0 Å². The normalized spacial score (nSPS) is 12.6. The van der Waals surface area contributed by atoms with Gasteiger partial charge < -0.3 is 26.6 Å². The summed E-state index contributed by atoms with van der Waals surface area (Å²) in [4.78, 5) is 0. The maximum atomic E-state index is 3.61. The van der Waals surface area contributed by atoms with E-state index in [-0.39, 0.29) is 0 Å². The molecule has 0 amide bonds. The van der Waals surface area contributed by atoms with Crippen molar-refractivity contribution < 1.29 is 0 Å². The fraction of sp³-hybridized carbons (Fsp3) is 0.368. The Morgan fingerprint density at radius 2 is 0.535 bits per heavy atom. The quantitative estimate of drug-likeness (QED) is 0.0917. The first kappa shape index (κ1) is 31.8. The number of anilines is 8. The number of rotatable bonds is 16. The van der Waals surface area contributed by atoms with Gasteiger partial charge >= 0.3 is 0 Å². The maximum Gasteiger partial charge on any atom is 0.0385 e. The Morgan fingerprint density at radius 3 is 0.744 bits per heavy atom. The van der Waals surface area contributed by atoms with E-state index in [1.807, 2.05) is 0 Å². The fourth-order valence-corrected chi connectivity index (χ4v) is 4.95. The molecule has 228 valence electrons. The van der Waals surface area contributed by atoms with Crippen molar-refractivity contribution in [3.05, 3.63) is 97.1 Å². The standard InChI is InChI=1S/C38H51N5/c1-27(2)7-9-29(5)39-31-11-15-33(16-12-31)41-35-19-23-37(24-20-35)43-38-25-21-36(22-26-38)42-34-17-13-32(14-18-34)40-30(6)10-8-28(3)4/h11-30,39-43H,7-10H2,1-6H3. The van der Waals surface area contributed by atoms with Gasteiger partial charge in [0.25, 0.3) is 0 Å². The van der Waals surface area contributed by atoms with E-state index >= 15 is 0 Å². The highest BCUT2D eigenvalue weighted by Crippen LogP contribution is 2.25. The highest BCUT2D eigenvalue weighted by molar-refractivity contribution is 5.69. The molecule has 0 fully saturated rings. The van der Waals surface area contributed by atoms with E-state index in [0.717, 1.165) is 57.3 Å². The number of benzene rings is 4. The lowest BCUT2D eigenvalue weighted by molar-refractivity contribution is 0.528. The Kier molecular flexibility index (Phi) is 11.8. The van der Waals surface area contributed by atoms with E-state index in [2.05, 4.69) is 165 Å². The molecule has 0 aromatic heterocycles. The molecule has 0 aliphatic rings. The zero-order chi connectivity index (χ0) is 30.6. The number of nitrogens with one attached hydrogen (secondary N) is 5. The average Bonchev–Trinajstić information content (AvgIpc) is 2.99. The molecule has 5 heteroatoms. The smallest absolute Gasteiger partial charge is 0.0385 e. The van der Waals surface area contributed by atoms with Crippen LogP contribution in [-0.4, -0.2) is 12.1 Å². The summed E-state index contributed by atoms with van der Waals surface area (Å²) >= 11 is 0. The largest absolute Gasteiger partial charge is 0.383 e. The second kappa shape index (κ2) is 15.9. The first-order valence-corrected chi connectivity index (χ1v) is 16.0. The zero-order valence-electron chi connectivity index (χ0n) is 26.9. The predicted molar refractivity (Wildman–Crippen MR) is 190 cm³/mol. The summed E-state index contributed by atoms with van der Waals surface area (Å²) in [7, 11) is 0. The number of hydrogen-bond acceptors (Lipinski definition) is 5. The monoisotopic (exact) mass is 577 g/mol. The van der Waals surface area contributed by atoms with E-state index in [1.54, 1.807) is 0 Å². The Hall–Kier alpha value is -4.12. The number of hydrogen-bond donors (Lipinski definition) is 5. The van der Waals surface area contributed by atoms with Crippen LogP contribution in [-0.2, 0) is 0 Å². The van der Waals surface area contributed by atoms with Gasteiger partial charge in [-0.25, -0.2) is 0 Å². The lowest BCUT2D eigenvalue weighted by Crippen LogP contribution is -2.15. The van der Waals surface area contributed by atoms with E-state index < -0.39 is 0 Å². The van der Waals surface area contributed by atoms with Crippen molar-refractivity contribution in [3.63, 3.8) is 0 Å². The highest BCUT2D eigenvalue weighted by atomic mass is 14.9. The van der Waals surface area contributed by atoms with Gasteiger partial charge in [0.05, 0.1) is 0 Å². The fourth-order valence-electron chi connectivity index (χ4n) is 4.95. The zero-order valence-corrected chi connectivity index (χ0v) is 26.9. The van der Waals surface area contributed by atoms with Crippen LogP contribution >= 0.6 is 0 Å².